The average molecular weight is 330 g/mol. The molecular formula is C20H30N2O2. The number of benzene rings is 1. The largest absolute Gasteiger partial charge is 0.494 e. The molecule has 2 aliphatic carbocycles. The van der Waals surface area contributed by atoms with Crippen molar-refractivity contribution in [1.82, 2.24) is 10.2 Å². The third-order valence-corrected chi connectivity index (χ3v) is 5.07. The van der Waals surface area contributed by atoms with Crippen LogP contribution < -0.4 is 10.1 Å². The standard InChI is InChI=1S/C20H30N2O2/c1-15-5-3-6-19(13-15)24-12-4-11-21-20(23)14-22(18-9-10-18)16(2)17-7-8-17/h3,5-6,13,16-18H,4,7-12,14H2,1-2H3,(H,21,23). The quantitative estimate of drug-likeness (QED) is 0.670. The van der Waals surface area contributed by atoms with Crippen molar-refractivity contribution >= 4 is 5.91 Å². The molecule has 1 N–H and O–H groups in total. The van der Waals surface area contributed by atoms with Crippen molar-refractivity contribution in [3.63, 3.8) is 0 Å². The molecule has 1 atom stereocenters. The first-order valence-electron chi connectivity index (χ1n) is 9.35. The van der Waals surface area contributed by atoms with Gasteiger partial charge in [0, 0.05) is 18.6 Å². The molecule has 1 amide bonds. The summed E-state index contributed by atoms with van der Waals surface area (Å²) >= 11 is 0. The van der Waals surface area contributed by atoms with Crippen LogP contribution in [0.3, 0.4) is 0 Å². The van der Waals surface area contributed by atoms with Gasteiger partial charge in [-0.2, -0.15) is 0 Å². The van der Waals surface area contributed by atoms with E-state index in [0.29, 0.717) is 31.8 Å². The molecule has 3 rings (SSSR count). The Morgan fingerprint density at radius 2 is 2.12 bits per heavy atom. The summed E-state index contributed by atoms with van der Waals surface area (Å²) in [7, 11) is 0. The number of hydrogen-bond donors (Lipinski definition) is 1. The second-order valence-corrected chi connectivity index (χ2v) is 7.35. The molecule has 0 aromatic heterocycles. The van der Waals surface area contributed by atoms with E-state index in [-0.39, 0.29) is 5.91 Å². The van der Waals surface area contributed by atoms with Crippen molar-refractivity contribution in [1.29, 1.82) is 0 Å². The molecule has 0 spiro atoms. The minimum Gasteiger partial charge on any atom is -0.494 e. The molecule has 132 valence electrons. The predicted octanol–water partition coefficient (Wildman–Crippen LogP) is 3.14. The van der Waals surface area contributed by atoms with Crippen LogP contribution in [0, 0.1) is 12.8 Å². The van der Waals surface area contributed by atoms with Crippen LogP contribution in [0.1, 0.15) is 44.6 Å². The van der Waals surface area contributed by atoms with Crippen LogP contribution in [-0.4, -0.2) is 42.6 Å². The van der Waals surface area contributed by atoms with E-state index in [1.165, 1.54) is 31.2 Å². The van der Waals surface area contributed by atoms with Crippen molar-refractivity contribution in [3.8, 4) is 5.75 Å². The van der Waals surface area contributed by atoms with Crippen molar-refractivity contribution in [3.05, 3.63) is 29.8 Å². The number of nitrogens with zero attached hydrogens (tertiary/aromatic N) is 1. The van der Waals surface area contributed by atoms with E-state index in [9.17, 15) is 4.79 Å². The highest BCUT2D eigenvalue weighted by Crippen LogP contribution is 2.39. The van der Waals surface area contributed by atoms with Gasteiger partial charge in [-0.1, -0.05) is 12.1 Å². The zero-order valence-electron chi connectivity index (χ0n) is 15.0. The van der Waals surface area contributed by atoms with Crippen LogP contribution in [0.4, 0.5) is 0 Å². The van der Waals surface area contributed by atoms with E-state index in [1.807, 2.05) is 18.2 Å². The third kappa shape index (κ3) is 5.23. The van der Waals surface area contributed by atoms with Crippen LogP contribution in [0.25, 0.3) is 0 Å². The molecule has 1 aromatic rings. The van der Waals surface area contributed by atoms with Gasteiger partial charge < -0.3 is 10.1 Å². The molecule has 0 bridgehead atoms. The van der Waals surface area contributed by atoms with Gasteiger partial charge in [0.2, 0.25) is 5.91 Å². The van der Waals surface area contributed by atoms with Gasteiger partial charge in [0.15, 0.2) is 0 Å². The topological polar surface area (TPSA) is 41.6 Å². The van der Waals surface area contributed by atoms with E-state index < -0.39 is 0 Å². The summed E-state index contributed by atoms with van der Waals surface area (Å²) in [5.41, 5.74) is 1.20. The first-order chi connectivity index (χ1) is 11.6. The lowest BCUT2D eigenvalue weighted by atomic mass is 10.1. The number of carbonyl (C=O) groups is 1. The number of rotatable bonds is 10. The van der Waals surface area contributed by atoms with Crippen LogP contribution in [0.15, 0.2) is 24.3 Å². The summed E-state index contributed by atoms with van der Waals surface area (Å²) in [6.45, 7) is 6.22. The minimum atomic E-state index is 0.157. The van der Waals surface area contributed by atoms with Crippen LogP contribution >= 0.6 is 0 Å². The molecular weight excluding hydrogens is 300 g/mol. The number of ether oxygens (including phenoxy) is 1. The predicted molar refractivity (Wildman–Crippen MR) is 96.2 cm³/mol. The molecule has 0 saturated heterocycles. The Morgan fingerprint density at radius 3 is 2.79 bits per heavy atom. The zero-order valence-corrected chi connectivity index (χ0v) is 15.0. The first kappa shape index (κ1) is 17.3. The number of nitrogens with one attached hydrogen (secondary N) is 1. The lowest BCUT2D eigenvalue weighted by Crippen LogP contribution is -2.44. The van der Waals surface area contributed by atoms with E-state index in [2.05, 4.69) is 30.1 Å². The maximum atomic E-state index is 12.2. The van der Waals surface area contributed by atoms with Gasteiger partial charge >= 0.3 is 0 Å². The smallest absolute Gasteiger partial charge is 0.234 e. The summed E-state index contributed by atoms with van der Waals surface area (Å²) in [6, 6.07) is 9.27. The number of amides is 1. The molecule has 2 saturated carbocycles. The van der Waals surface area contributed by atoms with E-state index in [0.717, 1.165) is 18.1 Å². The molecule has 0 radical (unpaired) electrons. The summed E-state index contributed by atoms with van der Waals surface area (Å²) in [5, 5.41) is 3.05. The van der Waals surface area contributed by atoms with E-state index in [1.54, 1.807) is 0 Å². The van der Waals surface area contributed by atoms with Gasteiger partial charge in [0.05, 0.1) is 13.2 Å². The highest BCUT2D eigenvalue weighted by Gasteiger charge is 2.39. The Balaban J connectivity index is 1.32. The normalized spacial score (nSPS) is 18.5. The monoisotopic (exact) mass is 330 g/mol. The third-order valence-electron chi connectivity index (χ3n) is 5.07. The Kier molecular flexibility index (Phi) is 5.77. The van der Waals surface area contributed by atoms with Crippen molar-refractivity contribution in [2.24, 2.45) is 5.92 Å². The second kappa shape index (κ2) is 8.02. The Bertz CT molecular complexity index is 552. The maximum absolute atomic E-state index is 12.2. The summed E-state index contributed by atoms with van der Waals surface area (Å²) in [4.78, 5) is 14.6. The minimum absolute atomic E-state index is 0.157. The van der Waals surface area contributed by atoms with Crippen molar-refractivity contribution in [2.75, 3.05) is 19.7 Å². The fraction of sp³-hybridized carbons (Fsp3) is 0.650. The number of hydrogen-bond acceptors (Lipinski definition) is 3. The SMILES string of the molecule is Cc1cccc(OCCCNC(=O)CN(C2CC2)C(C)C2CC2)c1. The Hall–Kier alpha value is -1.55. The lowest BCUT2D eigenvalue weighted by molar-refractivity contribution is -0.123. The molecule has 1 unspecified atom stereocenters. The summed E-state index contributed by atoms with van der Waals surface area (Å²) < 4.78 is 5.71. The maximum Gasteiger partial charge on any atom is 0.234 e. The molecule has 2 fully saturated rings. The molecule has 2 aliphatic rings. The van der Waals surface area contributed by atoms with E-state index in [4.69, 9.17) is 4.74 Å². The van der Waals surface area contributed by atoms with Gasteiger partial charge in [0.1, 0.15) is 5.75 Å². The summed E-state index contributed by atoms with van der Waals surface area (Å²) in [6.07, 6.45) is 6.02. The highest BCUT2D eigenvalue weighted by molar-refractivity contribution is 5.78. The van der Waals surface area contributed by atoms with Gasteiger partial charge in [-0.25, -0.2) is 0 Å². The number of carbonyl (C=O) groups excluding carboxylic acids is 1. The van der Waals surface area contributed by atoms with Gasteiger partial charge in [-0.3, -0.25) is 9.69 Å². The molecule has 1 aromatic carbocycles. The Labute approximate surface area is 145 Å². The first-order valence-corrected chi connectivity index (χ1v) is 9.35. The van der Waals surface area contributed by atoms with Gasteiger partial charge in [-0.15, -0.1) is 0 Å². The highest BCUT2D eigenvalue weighted by atomic mass is 16.5. The van der Waals surface area contributed by atoms with Crippen molar-refractivity contribution < 1.29 is 9.53 Å². The zero-order chi connectivity index (χ0) is 16.9. The fourth-order valence-electron chi connectivity index (χ4n) is 3.28. The van der Waals surface area contributed by atoms with Gasteiger partial charge in [0.25, 0.3) is 0 Å². The summed E-state index contributed by atoms with van der Waals surface area (Å²) in [5.74, 6) is 1.88. The second-order valence-electron chi connectivity index (χ2n) is 7.35. The fourth-order valence-corrected chi connectivity index (χ4v) is 3.28. The van der Waals surface area contributed by atoms with Crippen LogP contribution in [-0.2, 0) is 4.79 Å². The molecule has 0 heterocycles. The van der Waals surface area contributed by atoms with Crippen LogP contribution in [0.5, 0.6) is 5.75 Å². The molecule has 0 aliphatic heterocycles. The van der Waals surface area contributed by atoms with Crippen molar-refractivity contribution in [2.45, 2.75) is 58.0 Å². The lowest BCUT2D eigenvalue weighted by Gasteiger charge is -2.28. The number of aryl methyl sites for hydroxylation is 1. The molecule has 4 nitrogen and oxygen atoms in total. The molecule has 4 heteroatoms. The van der Waals surface area contributed by atoms with Crippen LogP contribution in [0.2, 0.25) is 0 Å². The molecule has 24 heavy (non-hydrogen) atoms. The average Bonchev–Trinajstić information content (AvgIpc) is 3.44. The van der Waals surface area contributed by atoms with E-state index >= 15 is 0 Å². The Morgan fingerprint density at radius 1 is 1.33 bits per heavy atom. The van der Waals surface area contributed by atoms with Gasteiger partial charge in [-0.05, 0) is 69.6 Å².